The first-order valence-corrected chi connectivity index (χ1v) is 10.7. The van der Waals surface area contributed by atoms with E-state index in [0.717, 1.165) is 48.9 Å². The molecule has 0 N–H and O–H groups in total. The van der Waals surface area contributed by atoms with E-state index in [1.165, 1.54) is 31.0 Å². The molecule has 3 heterocycles. The molecule has 26 heavy (non-hydrogen) atoms. The number of amides is 1. The Kier molecular flexibility index (Phi) is 5.50. The Balaban J connectivity index is 1.47. The Bertz CT molecular complexity index is 794. The zero-order valence-electron chi connectivity index (χ0n) is 14.7. The van der Waals surface area contributed by atoms with Gasteiger partial charge in [0, 0.05) is 24.4 Å². The lowest BCUT2D eigenvalue weighted by molar-refractivity contribution is -0.129. The van der Waals surface area contributed by atoms with Crippen LogP contribution in [0.25, 0.3) is 0 Å². The summed E-state index contributed by atoms with van der Waals surface area (Å²) in [5.74, 6) is 2.63. The summed E-state index contributed by atoms with van der Waals surface area (Å²) in [6.45, 7) is 1.78. The van der Waals surface area contributed by atoms with Crippen LogP contribution in [0.15, 0.2) is 29.2 Å². The molecule has 1 atom stereocenters. The van der Waals surface area contributed by atoms with Gasteiger partial charge >= 0.3 is 0 Å². The molecule has 1 aromatic heterocycles. The fraction of sp³-hybridized carbons (Fsp3) is 0.526. The van der Waals surface area contributed by atoms with Gasteiger partial charge in [-0.15, -0.1) is 22.0 Å². The average Bonchev–Trinajstić information content (AvgIpc) is 3.21. The monoisotopic (exact) mass is 390 g/mol. The van der Waals surface area contributed by atoms with Crippen LogP contribution in [0.1, 0.15) is 49.8 Å². The number of carbonyl (C=O) groups is 1. The second-order valence-electron chi connectivity index (χ2n) is 6.90. The van der Waals surface area contributed by atoms with E-state index in [2.05, 4.69) is 14.8 Å². The molecule has 0 radical (unpaired) electrons. The van der Waals surface area contributed by atoms with Crippen LogP contribution in [0.4, 0.5) is 0 Å². The zero-order valence-corrected chi connectivity index (χ0v) is 16.3. The Labute approximate surface area is 163 Å². The number of likely N-dealkylation sites (tertiary alicyclic amines) is 1. The predicted octanol–water partition coefficient (Wildman–Crippen LogP) is 4.11. The maximum Gasteiger partial charge on any atom is 0.233 e. The van der Waals surface area contributed by atoms with Crippen molar-refractivity contribution in [1.29, 1.82) is 0 Å². The van der Waals surface area contributed by atoms with E-state index in [4.69, 9.17) is 11.6 Å². The molecule has 1 amide bonds. The van der Waals surface area contributed by atoms with Crippen molar-refractivity contribution in [2.24, 2.45) is 0 Å². The molecule has 0 unspecified atom stereocenters. The van der Waals surface area contributed by atoms with Gasteiger partial charge in [0.2, 0.25) is 5.91 Å². The van der Waals surface area contributed by atoms with Crippen LogP contribution in [0.3, 0.4) is 0 Å². The van der Waals surface area contributed by atoms with E-state index in [9.17, 15) is 4.79 Å². The summed E-state index contributed by atoms with van der Waals surface area (Å²) in [5, 5.41) is 9.59. The standard InChI is InChI=1S/C19H23ClN4OS/c20-14-7-3-4-9-16(14)26-13-18(25)23-12-6-8-15(23)19-22-21-17-10-2-1-5-11-24(17)19/h3-4,7,9,15H,1-2,5-6,8,10-13H2/t15-/m0/s1. The van der Waals surface area contributed by atoms with Crippen molar-refractivity contribution < 1.29 is 4.79 Å². The van der Waals surface area contributed by atoms with Crippen molar-refractivity contribution in [3.05, 3.63) is 40.9 Å². The normalized spacial score (nSPS) is 20.0. The first kappa shape index (κ1) is 17.9. The van der Waals surface area contributed by atoms with Crippen LogP contribution in [-0.2, 0) is 17.8 Å². The molecule has 2 aromatic rings. The van der Waals surface area contributed by atoms with E-state index in [0.29, 0.717) is 10.8 Å². The number of hydrogen-bond acceptors (Lipinski definition) is 4. The van der Waals surface area contributed by atoms with Crippen molar-refractivity contribution in [2.75, 3.05) is 12.3 Å². The molecule has 1 saturated heterocycles. The van der Waals surface area contributed by atoms with E-state index < -0.39 is 0 Å². The highest BCUT2D eigenvalue weighted by Crippen LogP contribution is 2.34. The first-order valence-electron chi connectivity index (χ1n) is 9.33. The fourth-order valence-electron chi connectivity index (χ4n) is 3.87. The van der Waals surface area contributed by atoms with Gasteiger partial charge in [0.1, 0.15) is 5.82 Å². The maximum absolute atomic E-state index is 12.9. The van der Waals surface area contributed by atoms with Crippen LogP contribution in [-0.4, -0.2) is 37.9 Å². The van der Waals surface area contributed by atoms with Crippen molar-refractivity contribution in [3.63, 3.8) is 0 Å². The molecule has 0 aliphatic carbocycles. The third kappa shape index (κ3) is 3.62. The van der Waals surface area contributed by atoms with E-state index in [1.54, 1.807) is 0 Å². The molecule has 1 fully saturated rings. The van der Waals surface area contributed by atoms with Crippen molar-refractivity contribution >= 4 is 29.3 Å². The van der Waals surface area contributed by atoms with Crippen molar-refractivity contribution in [1.82, 2.24) is 19.7 Å². The lowest BCUT2D eigenvalue weighted by atomic mass is 10.2. The van der Waals surface area contributed by atoms with Gasteiger partial charge < -0.3 is 9.47 Å². The minimum atomic E-state index is 0.0636. The molecule has 138 valence electrons. The molecule has 1 aromatic carbocycles. The highest BCUT2D eigenvalue weighted by Gasteiger charge is 2.34. The van der Waals surface area contributed by atoms with Crippen molar-refractivity contribution in [2.45, 2.75) is 56.0 Å². The second-order valence-corrected chi connectivity index (χ2v) is 8.33. The average molecular weight is 391 g/mol. The third-order valence-corrected chi connectivity index (χ3v) is 6.70. The first-order chi connectivity index (χ1) is 12.7. The summed E-state index contributed by atoms with van der Waals surface area (Å²) in [4.78, 5) is 15.8. The van der Waals surface area contributed by atoms with E-state index in [1.807, 2.05) is 29.2 Å². The van der Waals surface area contributed by atoms with Crippen LogP contribution in [0.5, 0.6) is 0 Å². The summed E-state index contributed by atoms with van der Waals surface area (Å²) in [6.07, 6.45) is 6.58. The van der Waals surface area contributed by atoms with Gasteiger partial charge in [0.05, 0.1) is 16.8 Å². The minimum absolute atomic E-state index is 0.0636. The van der Waals surface area contributed by atoms with Gasteiger partial charge in [-0.2, -0.15) is 0 Å². The Hall–Kier alpha value is -1.53. The number of carbonyl (C=O) groups excluding carboxylic acids is 1. The molecule has 0 spiro atoms. The largest absolute Gasteiger partial charge is 0.332 e. The lowest BCUT2D eigenvalue weighted by Crippen LogP contribution is -2.33. The van der Waals surface area contributed by atoms with Crippen LogP contribution in [0.2, 0.25) is 5.02 Å². The molecular formula is C19H23ClN4OS. The van der Waals surface area contributed by atoms with E-state index in [-0.39, 0.29) is 11.9 Å². The summed E-state index contributed by atoms with van der Waals surface area (Å²) >= 11 is 7.71. The Morgan fingerprint density at radius 1 is 1.15 bits per heavy atom. The number of benzene rings is 1. The van der Waals surface area contributed by atoms with Gasteiger partial charge in [-0.05, 0) is 37.8 Å². The summed E-state index contributed by atoms with van der Waals surface area (Å²) in [5.41, 5.74) is 0. The highest BCUT2D eigenvalue weighted by atomic mass is 35.5. The number of halogens is 1. The molecule has 0 bridgehead atoms. The molecule has 7 heteroatoms. The van der Waals surface area contributed by atoms with Gasteiger partial charge in [0.25, 0.3) is 0 Å². The third-order valence-electron chi connectivity index (χ3n) is 5.20. The van der Waals surface area contributed by atoms with Crippen LogP contribution >= 0.6 is 23.4 Å². The quantitative estimate of drug-likeness (QED) is 0.737. The predicted molar refractivity (Wildman–Crippen MR) is 103 cm³/mol. The van der Waals surface area contributed by atoms with Crippen LogP contribution in [0, 0.1) is 0 Å². The zero-order chi connectivity index (χ0) is 17.9. The number of thioether (sulfide) groups is 1. The second kappa shape index (κ2) is 8.01. The van der Waals surface area contributed by atoms with E-state index >= 15 is 0 Å². The van der Waals surface area contributed by atoms with Gasteiger partial charge in [-0.1, -0.05) is 30.2 Å². The fourth-order valence-corrected chi connectivity index (χ4v) is 5.00. The SMILES string of the molecule is O=C(CSc1ccccc1Cl)N1CCC[C@H]1c1nnc2n1CCCCC2. The number of aromatic nitrogens is 3. The lowest BCUT2D eigenvalue weighted by Gasteiger charge is -2.24. The minimum Gasteiger partial charge on any atom is -0.332 e. The highest BCUT2D eigenvalue weighted by molar-refractivity contribution is 8.00. The molecule has 2 aliphatic heterocycles. The summed E-state index contributed by atoms with van der Waals surface area (Å²) in [6, 6.07) is 7.73. The van der Waals surface area contributed by atoms with Crippen LogP contribution < -0.4 is 0 Å². The van der Waals surface area contributed by atoms with Gasteiger partial charge in [-0.3, -0.25) is 4.79 Å². The number of nitrogens with zero attached hydrogens (tertiary/aromatic N) is 4. The van der Waals surface area contributed by atoms with Gasteiger partial charge in [0.15, 0.2) is 5.82 Å². The topological polar surface area (TPSA) is 51.0 Å². The van der Waals surface area contributed by atoms with Crippen molar-refractivity contribution in [3.8, 4) is 0 Å². The van der Waals surface area contributed by atoms with Gasteiger partial charge in [-0.25, -0.2) is 0 Å². The smallest absolute Gasteiger partial charge is 0.233 e. The molecule has 0 saturated carbocycles. The number of aryl methyl sites for hydroxylation is 1. The Morgan fingerprint density at radius 3 is 2.92 bits per heavy atom. The summed E-state index contributed by atoms with van der Waals surface area (Å²) in [7, 11) is 0. The Morgan fingerprint density at radius 2 is 2.04 bits per heavy atom. The molecule has 4 rings (SSSR count). The number of fused-ring (bicyclic) bond motifs is 1. The summed E-state index contributed by atoms with van der Waals surface area (Å²) < 4.78 is 2.27. The number of rotatable bonds is 4. The molecular weight excluding hydrogens is 368 g/mol. The molecule has 5 nitrogen and oxygen atoms in total. The number of hydrogen-bond donors (Lipinski definition) is 0. The maximum atomic E-state index is 12.9. The molecule has 2 aliphatic rings.